The van der Waals surface area contributed by atoms with Gasteiger partial charge in [-0.1, -0.05) is 12.1 Å². The van der Waals surface area contributed by atoms with Crippen molar-refractivity contribution in [1.29, 1.82) is 0 Å². The van der Waals surface area contributed by atoms with Crippen LogP contribution in [0.2, 0.25) is 0 Å². The highest BCUT2D eigenvalue weighted by molar-refractivity contribution is 6.51. The van der Waals surface area contributed by atoms with Crippen LogP contribution in [0.4, 0.5) is 17.1 Å². The van der Waals surface area contributed by atoms with E-state index in [0.717, 1.165) is 47.8 Å². The number of anilines is 3. The smallest absolute Gasteiger partial charge is 0.300 e. The lowest BCUT2D eigenvalue weighted by molar-refractivity contribution is -0.132. The highest BCUT2D eigenvalue weighted by Gasteiger charge is 2.47. The molecule has 0 saturated carbocycles. The number of ether oxygens (including phenoxy) is 1. The van der Waals surface area contributed by atoms with Crippen molar-refractivity contribution < 1.29 is 19.4 Å². The second-order valence-corrected chi connectivity index (χ2v) is 9.76. The highest BCUT2D eigenvalue weighted by atomic mass is 16.5. The van der Waals surface area contributed by atoms with Crippen LogP contribution >= 0.6 is 0 Å². The van der Waals surface area contributed by atoms with Crippen molar-refractivity contribution >= 4 is 34.5 Å². The van der Waals surface area contributed by atoms with Crippen LogP contribution in [0.1, 0.15) is 36.6 Å². The number of ketones is 1. The van der Waals surface area contributed by atoms with Crippen LogP contribution in [0.15, 0.2) is 72.3 Å². The molecule has 196 valence electrons. The minimum atomic E-state index is -0.768. The lowest BCUT2D eigenvalue weighted by atomic mass is 9.94. The van der Waals surface area contributed by atoms with E-state index in [1.807, 2.05) is 73.6 Å². The molecule has 7 heteroatoms. The van der Waals surface area contributed by atoms with E-state index >= 15 is 0 Å². The van der Waals surface area contributed by atoms with Crippen LogP contribution in [-0.2, 0) is 16.0 Å². The summed E-state index contributed by atoms with van der Waals surface area (Å²) in [5.41, 5.74) is 4.94. The summed E-state index contributed by atoms with van der Waals surface area (Å²) in [6, 6.07) is 20.0. The summed E-state index contributed by atoms with van der Waals surface area (Å²) in [6.07, 6.45) is 0.735. The van der Waals surface area contributed by atoms with E-state index in [1.54, 1.807) is 12.1 Å². The number of hydrogen-bond donors (Lipinski definition) is 1. The fraction of sp³-hybridized carbons (Fsp3) is 0.290. The maximum absolute atomic E-state index is 13.5. The van der Waals surface area contributed by atoms with E-state index in [1.165, 1.54) is 4.90 Å². The van der Waals surface area contributed by atoms with Crippen molar-refractivity contribution in [2.24, 2.45) is 0 Å². The summed E-state index contributed by atoms with van der Waals surface area (Å²) in [5, 5.41) is 11.5. The van der Waals surface area contributed by atoms with Gasteiger partial charge in [0, 0.05) is 56.2 Å². The standard InChI is InChI=1S/C31H33N3O4/c1-5-33(6-2)24-12-14-25(15-13-24)34-28(20-7-10-23(11-8-20)32(3)4)27(30(36)31(34)37)29(35)22-9-16-26-21(19-22)17-18-38-26/h7-16,19,28,35H,5-6,17-18H2,1-4H3/b29-27-. The minimum Gasteiger partial charge on any atom is -0.507 e. The van der Waals surface area contributed by atoms with Crippen LogP contribution in [-0.4, -0.2) is 50.6 Å². The SMILES string of the molecule is CCN(CC)c1ccc(N2C(=O)C(=O)/C(=C(\O)c3ccc4c(c3)CCO4)C2c2ccc(N(C)C)cc2)cc1. The lowest BCUT2D eigenvalue weighted by Gasteiger charge is -2.27. The van der Waals surface area contributed by atoms with Crippen molar-refractivity contribution in [1.82, 2.24) is 0 Å². The fourth-order valence-corrected chi connectivity index (χ4v) is 5.27. The third kappa shape index (κ3) is 4.38. The third-order valence-electron chi connectivity index (χ3n) is 7.39. The van der Waals surface area contributed by atoms with Crippen molar-refractivity contribution in [3.63, 3.8) is 0 Å². The van der Waals surface area contributed by atoms with Crippen LogP contribution in [0.5, 0.6) is 5.75 Å². The molecule has 1 atom stereocenters. The molecule has 7 nitrogen and oxygen atoms in total. The van der Waals surface area contributed by atoms with Gasteiger partial charge in [-0.2, -0.15) is 0 Å². The Balaban J connectivity index is 1.64. The molecule has 1 unspecified atom stereocenters. The maximum atomic E-state index is 13.5. The van der Waals surface area contributed by atoms with E-state index in [0.29, 0.717) is 17.9 Å². The van der Waals surface area contributed by atoms with Gasteiger partial charge in [-0.3, -0.25) is 14.5 Å². The molecule has 1 N–H and O–H groups in total. The molecule has 38 heavy (non-hydrogen) atoms. The van der Waals surface area contributed by atoms with Gasteiger partial charge < -0.3 is 19.6 Å². The molecule has 3 aromatic rings. The van der Waals surface area contributed by atoms with Gasteiger partial charge in [0.05, 0.1) is 18.2 Å². The van der Waals surface area contributed by atoms with Crippen LogP contribution in [0.25, 0.3) is 5.76 Å². The van der Waals surface area contributed by atoms with Crippen LogP contribution in [0.3, 0.4) is 0 Å². The minimum absolute atomic E-state index is 0.0827. The molecule has 2 aliphatic heterocycles. The van der Waals surface area contributed by atoms with Crippen LogP contribution < -0.4 is 19.4 Å². The molecule has 5 rings (SSSR count). The number of carbonyl (C=O) groups excluding carboxylic acids is 2. The van der Waals surface area contributed by atoms with Crippen LogP contribution in [0, 0.1) is 0 Å². The Kier molecular flexibility index (Phi) is 6.85. The number of amides is 1. The lowest BCUT2D eigenvalue weighted by Crippen LogP contribution is -2.29. The molecule has 0 aromatic heterocycles. The van der Waals surface area contributed by atoms with Gasteiger partial charge in [-0.05, 0) is 79.6 Å². The molecule has 1 fully saturated rings. The number of rotatable bonds is 7. The Bertz CT molecular complexity index is 1390. The molecule has 0 aliphatic carbocycles. The van der Waals surface area contributed by atoms with Crippen molar-refractivity contribution in [3.05, 3.63) is 89.0 Å². The van der Waals surface area contributed by atoms with E-state index in [9.17, 15) is 14.7 Å². The average molecular weight is 512 g/mol. The second-order valence-electron chi connectivity index (χ2n) is 9.76. The molecule has 0 radical (unpaired) electrons. The first-order valence-electron chi connectivity index (χ1n) is 13.0. The monoisotopic (exact) mass is 511 g/mol. The van der Waals surface area contributed by atoms with Crippen molar-refractivity contribution in [2.45, 2.75) is 26.3 Å². The Morgan fingerprint density at radius 3 is 2.24 bits per heavy atom. The van der Waals surface area contributed by atoms with E-state index in [-0.39, 0.29) is 11.3 Å². The van der Waals surface area contributed by atoms with Gasteiger partial charge in [0.25, 0.3) is 11.7 Å². The summed E-state index contributed by atoms with van der Waals surface area (Å²) in [6.45, 7) is 6.51. The molecule has 1 amide bonds. The molecular formula is C31H33N3O4. The summed E-state index contributed by atoms with van der Waals surface area (Å²) in [4.78, 5) is 32.7. The number of aliphatic hydroxyl groups excluding tert-OH is 1. The number of nitrogens with zero attached hydrogens (tertiary/aromatic N) is 3. The average Bonchev–Trinajstić information content (AvgIpc) is 3.51. The summed E-state index contributed by atoms with van der Waals surface area (Å²) < 4.78 is 5.60. The van der Waals surface area contributed by atoms with Gasteiger partial charge in [0.1, 0.15) is 11.5 Å². The number of benzene rings is 3. The van der Waals surface area contributed by atoms with Gasteiger partial charge >= 0.3 is 0 Å². The quantitative estimate of drug-likeness (QED) is 0.268. The predicted molar refractivity (Wildman–Crippen MR) is 151 cm³/mol. The van der Waals surface area contributed by atoms with Crippen molar-refractivity contribution in [2.75, 3.05) is 48.5 Å². The predicted octanol–water partition coefficient (Wildman–Crippen LogP) is 5.16. The normalized spacial score (nSPS) is 17.9. The molecule has 0 bridgehead atoms. The highest BCUT2D eigenvalue weighted by Crippen LogP contribution is 2.43. The number of fused-ring (bicyclic) bond motifs is 1. The Labute approximate surface area is 223 Å². The molecule has 1 saturated heterocycles. The summed E-state index contributed by atoms with van der Waals surface area (Å²) in [5.74, 6) is -0.754. The van der Waals surface area contributed by atoms with Gasteiger partial charge in [-0.25, -0.2) is 0 Å². The second kappa shape index (κ2) is 10.2. The van der Waals surface area contributed by atoms with Gasteiger partial charge in [-0.15, -0.1) is 0 Å². The Morgan fingerprint density at radius 2 is 1.61 bits per heavy atom. The summed E-state index contributed by atoms with van der Waals surface area (Å²) in [7, 11) is 3.91. The van der Waals surface area contributed by atoms with E-state index in [2.05, 4.69) is 18.7 Å². The molecule has 2 aliphatic rings. The number of Topliss-reactive ketones (excluding diaryl/α,β-unsaturated/α-hetero) is 1. The molecule has 2 heterocycles. The fourth-order valence-electron chi connectivity index (χ4n) is 5.27. The number of aliphatic hydroxyl groups is 1. The van der Waals surface area contributed by atoms with Gasteiger partial charge in [0.15, 0.2) is 0 Å². The maximum Gasteiger partial charge on any atom is 0.300 e. The Morgan fingerprint density at radius 1 is 0.947 bits per heavy atom. The Hall–Kier alpha value is -4.26. The number of hydrogen-bond acceptors (Lipinski definition) is 6. The zero-order valence-electron chi connectivity index (χ0n) is 22.3. The first kappa shape index (κ1) is 25.4. The first-order chi connectivity index (χ1) is 18.3. The van der Waals surface area contributed by atoms with Crippen molar-refractivity contribution in [3.8, 4) is 5.75 Å². The number of carbonyl (C=O) groups is 2. The summed E-state index contributed by atoms with van der Waals surface area (Å²) >= 11 is 0. The third-order valence-corrected chi connectivity index (χ3v) is 7.39. The topological polar surface area (TPSA) is 73.3 Å². The molecular weight excluding hydrogens is 478 g/mol. The molecule has 0 spiro atoms. The zero-order chi connectivity index (χ0) is 27.0. The van der Waals surface area contributed by atoms with Gasteiger partial charge in [0.2, 0.25) is 0 Å². The van der Waals surface area contributed by atoms with E-state index in [4.69, 9.17) is 4.74 Å². The molecule has 3 aromatic carbocycles. The first-order valence-corrected chi connectivity index (χ1v) is 13.0. The largest absolute Gasteiger partial charge is 0.507 e. The zero-order valence-corrected chi connectivity index (χ0v) is 22.3. The van der Waals surface area contributed by atoms with E-state index < -0.39 is 17.7 Å².